The largest absolute Gasteiger partial charge is 0.368 e. The summed E-state index contributed by atoms with van der Waals surface area (Å²) >= 11 is 0. The fourth-order valence-electron chi connectivity index (χ4n) is 4.13. The molecule has 0 saturated carbocycles. The van der Waals surface area contributed by atoms with Gasteiger partial charge in [-0.1, -0.05) is 18.2 Å². The number of fused-ring (bicyclic) bond motifs is 2. The van der Waals surface area contributed by atoms with Gasteiger partial charge in [0.05, 0.1) is 30.7 Å². The molecule has 1 spiro atoms. The molecule has 3 heterocycles. The zero-order valence-corrected chi connectivity index (χ0v) is 16.1. The first-order valence-corrected chi connectivity index (χ1v) is 9.51. The smallest absolute Gasteiger partial charge is 0.249 e. The number of aryl methyl sites for hydroxylation is 1. The summed E-state index contributed by atoms with van der Waals surface area (Å²) in [6.07, 6.45) is 3.68. The highest BCUT2D eigenvalue weighted by Crippen LogP contribution is 2.47. The molecule has 2 aromatic rings. The van der Waals surface area contributed by atoms with Crippen molar-refractivity contribution in [3.05, 3.63) is 53.6 Å². The molecule has 2 aliphatic rings. The first-order valence-electron chi connectivity index (χ1n) is 9.51. The number of hydrogen-bond acceptors (Lipinski definition) is 5. The van der Waals surface area contributed by atoms with Crippen molar-refractivity contribution >= 4 is 11.6 Å². The molecular formula is C21H26N4O2. The first-order chi connectivity index (χ1) is 13.0. The molecule has 27 heavy (non-hydrogen) atoms. The van der Waals surface area contributed by atoms with Crippen LogP contribution in [0.15, 0.2) is 36.7 Å². The predicted octanol–water partition coefficient (Wildman–Crippen LogP) is 2.36. The standard InChI is InChI=1S/C21H26N4O2/c1-14(2)25-12-21(17-6-4-5-7-18(17)25)8-19(27-13-21)20(26)24-11-16-10-22-15(3)9-23-16/h4-7,9-10,14,19H,8,11-13H2,1-3H3,(H,24,26)/t19-,21-/m1/s1. The van der Waals surface area contributed by atoms with Gasteiger partial charge in [-0.15, -0.1) is 0 Å². The Morgan fingerprint density at radius 1 is 1.33 bits per heavy atom. The molecule has 0 radical (unpaired) electrons. The second-order valence-electron chi connectivity index (χ2n) is 7.89. The van der Waals surface area contributed by atoms with Gasteiger partial charge in [-0.3, -0.25) is 14.8 Å². The fraction of sp³-hybridized carbons (Fsp3) is 0.476. The van der Waals surface area contributed by atoms with E-state index in [1.54, 1.807) is 12.4 Å². The molecule has 2 atom stereocenters. The van der Waals surface area contributed by atoms with Gasteiger partial charge in [0.2, 0.25) is 5.91 Å². The van der Waals surface area contributed by atoms with Crippen LogP contribution in [0.4, 0.5) is 5.69 Å². The summed E-state index contributed by atoms with van der Waals surface area (Å²) in [6, 6.07) is 8.93. The van der Waals surface area contributed by atoms with Crippen molar-refractivity contribution in [2.75, 3.05) is 18.1 Å². The van der Waals surface area contributed by atoms with Gasteiger partial charge in [-0.25, -0.2) is 0 Å². The summed E-state index contributed by atoms with van der Waals surface area (Å²) in [6.45, 7) is 8.15. The van der Waals surface area contributed by atoms with Crippen LogP contribution in [0, 0.1) is 6.92 Å². The molecule has 0 aliphatic carbocycles. The molecule has 2 aliphatic heterocycles. The Bertz CT molecular complexity index is 836. The van der Waals surface area contributed by atoms with E-state index in [0.29, 0.717) is 25.6 Å². The molecule has 1 aromatic carbocycles. The van der Waals surface area contributed by atoms with Gasteiger partial charge in [0, 0.05) is 29.9 Å². The average Bonchev–Trinajstić information content (AvgIpc) is 3.24. The number of aromatic nitrogens is 2. The first kappa shape index (κ1) is 17.9. The van der Waals surface area contributed by atoms with Gasteiger partial charge in [-0.05, 0) is 38.8 Å². The minimum Gasteiger partial charge on any atom is -0.368 e. The van der Waals surface area contributed by atoms with E-state index in [1.165, 1.54) is 11.3 Å². The summed E-state index contributed by atoms with van der Waals surface area (Å²) in [5, 5.41) is 2.94. The zero-order valence-electron chi connectivity index (χ0n) is 16.1. The number of rotatable bonds is 4. The van der Waals surface area contributed by atoms with Crippen LogP contribution in [0.5, 0.6) is 0 Å². The Morgan fingerprint density at radius 2 is 2.15 bits per heavy atom. The summed E-state index contributed by atoms with van der Waals surface area (Å²) in [4.78, 5) is 23.6. The average molecular weight is 366 g/mol. The Labute approximate surface area is 160 Å². The number of hydrogen-bond donors (Lipinski definition) is 1. The maximum atomic E-state index is 12.7. The van der Waals surface area contributed by atoms with E-state index in [0.717, 1.165) is 17.9 Å². The van der Waals surface area contributed by atoms with Crippen molar-refractivity contribution < 1.29 is 9.53 Å². The monoisotopic (exact) mass is 366 g/mol. The molecule has 1 N–H and O–H groups in total. The van der Waals surface area contributed by atoms with E-state index < -0.39 is 6.10 Å². The maximum Gasteiger partial charge on any atom is 0.249 e. The van der Waals surface area contributed by atoms with Crippen LogP contribution < -0.4 is 10.2 Å². The molecule has 1 fully saturated rings. The van der Waals surface area contributed by atoms with Crippen LogP contribution in [0.3, 0.4) is 0 Å². The van der Waals surface area contributed by atoms with Crippen molar-refractivity contribution in [1.29, 1.82) is 0 Å². The number of ether oxygens (including phenoxy) is 1. The lowest BCUT2D eigenvalue weighted by molar-refractivity contribution is -0.130. The Kier molecular flexibility index (Phi) is 4.60. The van der Waals surface area contributed by atoms with E-state index >= 15 is 0 Å². The zero-order chi connectivity index (χ0) is 19.0. The van der Waals surface area contributed by atoms with E-state index in [9.17, 15) is 4.79 Å². The van der Waals surface area contributed by atoms with Crippen LogP contribution >= 0.6 is 0 Å². The number of benzene rings is 1. The normalized spacial score (nSPS) is 23.9. The van der Waals surface area contributed by atoms with E-state index in [1.807, 2.05) is 6.92 Å². The lowest BCUT2D eigenvalue weighted by atomic mass is 9.80. The second kappa shape index (κ2) is 6.93. The molecule has 6 nitrogen and oxygen atoms in total. The van der Waals surface area contributed by atoms with Gasteiger partial charge in [-0.2, -0.15) is 0 Å². The van der Waals surface area contributed by atoms with Gasteiger partial charge < -0.3 is 15.0 Å². The highest BCUT2D eigenvalue weighted by atomic mass is 16.5. The summed E-state index contributed by atoms with van der Waals surface area (Å²) in [5.74, 6) is -0.0743. The van der Waals surface area contributed by atoms with Crippen LogP contribution in [0.25, 0.3) is 0 Å². The lowest BCUT2D eigenvalue weighted by Crippen LogP contribution is -2.39. The van der Waals surface area contributed by atoms with Gasteiger partial charge in [0.1, 0.15) is 6.10 Å². The van der Waals surface area contributed by atoms with Crippen LogP contribution in [0.2, 0.25) is 0 Å². The molecule has 0 unspecified atom stereocenters. The van der Waals surface area contributed by atoms with Crippen molar-refractivity contribution in [2.24, 2.45) is 0 Å². The van der Waals surface area contributed by atoms with E-state index in [4.69, 9.17) is 4.74 Å². The molecule has 6 heteroatoms. The van der Waals surface area contributed by atoms with Crippen LogP contribution in [0.1, 0.15) is 37.2 Å². The highest BCUT2D eigenvalue weighted by molar-refractivity contribution is 5.81. The van der Waals surface area contributed by atoms with Crippen molar-refractivity contribution in [1.82, 2.24) is 15.3 Å². The Morgan fingerprint density at radius 3 is 2.89 bits per heavy atom. The Hall–Kier alpha value is -2.47. The van der Waals surface area contributed by atoms with Crippen LogP contribution in [-0.2, 0) is 21.5 Å². The number of amides is 1. The third kappa shape index (κ3) is 3.30. The molecular weight excluding hydrogens is 340 g/mol. The van der Waals surface area contributed by atoms with Crippen molar-refractivity contribution in [3.8, 4) is 0 Å². The molecule has 0 bridgehead atoms. The van der Waals surface area contributed by atoms with Crippen LogP contribution in [-0.4, -0.2) is 41.2 Å². The minimum atomic E-state index is -0.427. The second-order valence-corrected chi connectivity index (χ2v) is 7.89. The number of carbonyl (C=O) groups is 1. The number of para-hydroxylation sites is 1. The fourth-order valence-corrected chi connectivity index (χ4v) is 4.13. The number of anilines is 1. The van der Waals surface area contributed by atoms with Crippen molar-refractivity contribution in [3.63, 3.8) is 0 Å². The van der Waals surface area contributed by atoms with E-state index in [2.05, 4.69) is 58.3 Å². The highest BCUT2D eigenvalue weighted by Gasteiger charge is 2.50. The van der Waals surface area contributed by atoms with Gasteiger partial charge in [0.15, 0.2) is 0 Å². The number of nitrogens with one attached hydrogen (secondary N) is 1. The van der Waals surface area contributed by atoms with E-state index in [-0.39, 0.29) is 11.3 Å². The molecule has 4 rings (SSSR count). The topological polar surface area (TPSA) is 67.3 Å². The Balaban J connectivity index is 1.45. The summed E-state index contributed by atoms with van der Waals surface area (Å²) < 4.78 is 5.97. The maximum absolute atomic E-state index is 12.7. The third-order valence-electron chi connectivity index (χ3n) is 5.59. The van der Waals surface area contributed by atoms with Gasteiger partial charge >= 0.3 is 0 Å². The minimum absolute atomic E-state index is 0.0743. The third-order valence-corrected chi connectivity index (χ3v) is 5.59. The molecule has 142 valence electrons. The van der Waals surface area contributed by atoms with Gasteiger partial charge in [0.25, 0.3) is 0 Å². The number of carbonyl (C=O) groups excluding carboxylic acids is 1. The SMILES string of the molecule is Cc1cnc(CNC(=O)[C@H]2C[C@]3(CO2)CN(C(C)C)c2ccccc23)cn1. The lowest BCUT2D eigenvalue weighted by Gasteiger charge is -2.27. The number of nitrogens with zero attached hydrogens (tertiary/aromatic N) is 3. The molecule has 1 aromatic heterocycles. The summed E-state index contributed by atoms with van der Waals surface area (Å²) in [5.41, 5.74) is 4.08. The molecule has 1 saturated heterocycles. The summed E-state index contributed by atoms with van der Waals surface area (Å²) in [7, 11) is 0. The quantitative estimate of drug-likeness (QED) is 0.900. The predicted molar refractivity (Wildman–Crippen MR) is 104 cm³/mol. The van der Waals surface area contributed by atoms with Crippen molar-refractivity contribution in [2.45, 2.75) is 51.3 Å². The molecule has 1 amide bonds.